The van der Waals surface area contributed by atoms with Gasteiger partial charge in [0.1, 0.15) is 17.2 Å². The number of aromatic amines is 1. The van der Waals surface area contributed by atoms with Gasteiger partial charge >= 0.3 is 0 Å². The monoisotopic (exact) mass is 509 g/mol. The molecular weight excluding hydrogens is 482 g/mol. The topological polar surface area (TPSA) is 141 Å². The smallest absolute Gasteiger partial charge is 0.239 e. The van der Waals surface area contributed by atoms with E-state index in [2.05, 4.69) is 25.4 Å². The number of aromatic nitrogens is 7. The first kappa shape index (κ1) is 23.7. The van der Waals surface area contributed by atoms with Crippen molar-refractivity contribution in [2.45, 2.75) is 31.8 Å². The molecule has 1 amide bonds. The minimum absolute atomic E-state index is 0.0712. The Morgan fingerprint density at radius 1 is 1.18 bits per heavy atom. The van der Waals surface area contributed by atoms with Crippen molar-refractivity contribution >= 4 is 16.9 Å². The van der Waals surface area contributed by atoms with Crippen molar-refractivity contribution in [3.8, 4) is 34.4 Å². The van der Waals surface area contributed by atoms with Crippen molar-refractivity contribution in [3.63, 3.8) is 0 Å². The molecule has 0 aliphatic carbocycles. The third kappa shape index (κ3) is 4.48. The first-order chi connectivity index (χ1) is 18.5. The SMILES string of the molecule is CC(N)C(=O)N1CCCC1c1cc2[nH]c(-c3ccccn3)nc2cc1Oc1ccc(-c2nnn(C)n2)cc1. The summed E-state index contributed by atoms with van der Waals surface area (Å²) in [5.74, 6) is 2.41. The van der Waals surface area contributed by atoms with E-state index in [1.165, 1.54) is 4.80 Å². The lowest BCUT2D eigenvalue weighted by Crippen LogP contribution is -2.41. The standard InChI is InChI=1S/C27H27N9O2/c1-16(28)27(37)36-13-5-7-23(36)19-14-21-22(31-26(30-21)20-6-3-4-12-29-20)15-24(19)38-18-10-8-17(9-11-18)25-32-34-35(2)33-25/h3-4,6,8-12,14-16,23H,5,7,13,28H2,1-2H3,(H,30,31). The van der Waals surface area contributed by atoms with Gasteiger partial charge in [-0.1, -0.05) is 6.07 Å². The lowest BCUT2D eigenvalue weighted by Gasteiger charge is -2.28. The summed E-state index contributed by atoms with van der Waals surface area (Å²) in [6, 6.07) is 16.4. The van der Waals surface area contributed by atoms with Crippen LogP contribution in [0.1, 0.15) is 31.4 Å². The minimum atomic E-state index is -0.575. The van der Waals surface area contributed by atoms with Gasteiger partial charge < -0.3 is 20.4 Å². The molecule has 38 heavy (non-hydrogen) atoms. The zero-order valence-corrected chi connectivity index (χ0v) is 21.1. The van der Waals surface area contributed by atoms with Crippen molar-refractivity contribution in [2.24, 2.45) is 12.8 Å². The first-order valence-electron chi connectivity index (χ1n) is 12.5. The third-order valence-electron chi connectivity index (χ3n) is 6.65. The van der Waals surface area contributed by atoms with Gasteiger partial charge in [0.2, 0.25) is 11.7 Å². The quantitative estimate of drug-likeness (QED) is 0.354. The van der Waals surface area contributed by atoms with Gasteiger partial charge in [-0.25, -0.2) is 4.98 Å². The molecule has 3 N–H and O–H groups in total. The van der Waals surface area contributed by atoms with E-state index in [1.54, 1.807) is 20.2 Å². The Bertz CT molecular complexity index is 1590. The molecule has 0 radical (unpaired) electrons. The molecule has 2 atom stereocenters. The van der Waals surface area contributed by atoms with E-state index in [4.69, 9.17) is 15.5 Å². The number of pyridine rings is 1. The number of fused-ring (bicyclic) bond motifs is 1. The normalized spacial score (nSPS) is 16.2. The van der Waals surface area contributed by atoms with Gasteiger partial charge in [-0.3, -0.25) is 9.78 Å². The number of hydrogen-bond donors (Lipinski definition) is 2. The van der Waals surface area contributed by atoms with E-state index in [1.807, 2.05) is 59.5 Å². The van der Waals surface area contributed by atoms with Crippen LogP contribution < -0.4 is 10.5 Å². The van der Waals surface area contributed by atoms with Gasteiger partial charge in [0.15, 0.2) is 5.82 Å². The molecule has 1 aliphatic heterocycles. The van der Waals surface area contributed by atoms with E-state index in [0.717, 1.165) is 40.7 Å². The molecule has 0 spiro atoms. The van der Waals surface area contributed by atoms with Crippen molar-refractivity contribution in [3.05, 3.63) is 66.4 Å². The van der Waals surface area contributed by atoms with Crippen LogP contribution in [-0.2, 0) is 11.8 Å². The van der Waals surface area contributed by atoms with Crippen molar-refractivity contribution in [1.82, 2.24) is 40.1 Å². The Morgan fingerprint density at radius 2 is 2.03 bits per heavy atom. The average molecular weight is 510 g/mol. The van der Waals surface area contributed by atoms with Crippen molar-refractivity contribution in [2.75, 3.05) is 6.54 Å². The molecule has 5 aromatic rings. The number of carbonyl (C=O) groups excluding carboxylic acids is 1. The minimum Gasteiger partial charge on any atom is -0.457 e. The number of ether oxygens (including phenoxy) is 1. The van der Waals surface area contributed by atoms with Gasteiger partial charge in [0, 0.05) is 29.9 Å². The highest BCUT2D eigenvalue weighted by molar-refractivity contribution is 5.84. The molecule has 4 heterocycles. The number of imidazole rings is 1. The molecule has 1 saturated heterocycles. The number of nitrogens with one attached hydrogen (secondary N) is 1. The predicted molar refractivity (Wildman–Crippen MR) is 141 cm³/mol. The second-order valence-corrected chi connectivity index (χ2v) is 9.41. The number of rotatable bonds is 6. The van der Waals surface area contributed by atoms with E-state index >= 15 is 0 Å². The lowest BCUT2D eigenvalue weighted by atomic mass is 10.0. The summed E-state index contributed by atoms with van der Waals surface area (Å²) in [5, 5.41) is 12.2. The second kappa shape index (κ2) is 9.67. The van der Waals surface area contributed by atoms with Gasteiger partial charge in [-0.2, -0.15) is 4.80 Å². The number of nitrogens with two attached hydrogens (primary N) is 1. The molecule has 192 valence electrons. The molecule has 11 nitrogen and oxygen atoms in total. The molecule has 1 aliphatic rings. The van der Waals surface area contributed by atoms with Crippen LogP contribution >= 0.6 is 0 Å². The lowest BCUT2D eigenvalue weighted by molar-refractivity contribution is -0.133. The Morgan fingerprint density at radius 3 is 2.74 bits per heavy atom. The number of amides is 1. The molecule has 1 fully saturated rings. The average Bonchev–Trinajstić information content (AvgIpc) is 3.68. The molecule has 6 rings (SSSR count). The van der Waals surface area contributed by atoms with E-state index in [0.29, 0.717) is 29.7 Å². The van der Waals surface area contributed by atoms with E-state index in [-0.39, 0.29) is 11.9 Å². The van der Waals surface area contributed by atoms with Crippen LogP contribution in [0.15, 0.2) is 60.8 Å². The Labute approximate surface area is 218 Å². The van der Waals surface area contributed by atoms with Crippen LogP contribution in [-0.4, -0.2) is 58.6 Å². The van der Waals surface area contributed by atoms with Gasteiger partial charge in [-0.05, 0) is 67.4 Å². The number of benzene rings is 2. The van der Waals surface area contributed by atoms with Crippen molar-refractivity contribution < 1.29 is 9.53 Å². The third-order valence-corrected chi connectivity index (χ3v) is 6.65. The number of hydrogen-bond acceptors (Lipinski definition) is 8. The van der Waals surface area contributed by atoms with Crippen LogP contribution in [0.3, 0.4) is 0 Å². The Balaban J connectivity index is 1.40. The summed E-state index contributed by atoms with van der Waals surface area (Å²) >= 11 is 0. The fourth-order valence-corrected chi connectivity index (χ4v) is 4.84. The summed E-state index contributed by atoms with van der Waals surface area (Å²) in [5.41, 5.74) is 10.0. The first-order valence-corrected chi connectivity index (χ1v) is 12.5. The summed E-state index contributed by atoms with van der Waals surface area (Å²) in [7, 11) is 1.72. The number of tetrazole rings is 1. The number of likely N-dealkylation sites (tertiary alicyclic amines) is 1. The second-order valence-electron chi connectivity index (χ2n) is 9.41. The molecule has 2 unspecified atom stereocenters. The maximum absolute atomic E-state index is 12.9. The highest BCUT2D eigenvalue weighted by Crippen LogP contribution is 2.41. The van der Waals surface area contributed by atoms with Crippen LogP contribution in [0.4, 0.5) is 0 Å². The number of aryl methyl sites for hydroxylation is 1. The molecular formula is C27H27N9O2. The summed E-state index contributed by atoms with van der Waals surface area (Å²) in [4.78, 5) is 28.8. The van der Waals surface area contributed by atoms with E-state index in [9.17, 15) is 4.79 Å². The van der Waals surface area contributed by atoms with Gasteiger partial charge in [0.25, 0.3) is 0 Å². The Hall–Kier alpha value is -4.64. The van der Waals surface area contributed by atoms with Crippen molar-refractivity contribution in [1.29, 1.82) is 0 Å². The number of H-pyrrole nitrogens is 1. The van der Waals surface area contributed by atoms with Gasteiger partial charge in [-0.15, -0.1) is 10.2 Å². The summed E-state index contributed by atoms with van der Waals surface area (Å²) in [6.07, 6.45) is 3.44. The van der Waals surface area contributed by atoms with Crippen LogP contribution in [0, 0.1) is 0 Å². The molecule has 0 bridgehead atoms. The maximum Gasteiger partial charge on any atom is 0.239 e. The molecule has 2 aromatic carbocycles. The van der Waals surface area contributed by atoms with Crippen LogP contribution in [0.2, 0.25) is 0 Å². The molecule has 3 aromatic heterocycles. The number of nitrogens with zero attached hydrogens (tertiary/aromatic N) is 7. The van der Waals surface area contributed by atoms with Crippen LogP contribution in [0.5, 0.6) is 11.5 Å². The predicted octanol–water partition coefficient (Wildman–Crippen LogP) is 3.62. The van der Waals surface area contributed by atoms with Crippen LogP contribution in [0.25, 0.3) is 33.9 Å². The Kier molecular flexibility index (Phi) is 6.04. The molecule has 11 heteroatoms. The molecule has 0 saturated carbocycles. The summed E-state index contributed by atoms with van der Waals surface area (Å²) in [6.45, 7) is 2.38. The highest BCUT2D eigenvalue weighted by atomic mass is 16.5. The maximum atomic E-state index is 12.9. The largest absolute Gasteiger partial charge is 0.457 e. The zero-order valence-electron chi connectivity index (χ0n) is 21.1. The highest BCUT2D eigenvalue weighted by Gasteiger charge is 2.34. The summed E-state index contributed by atoms with van der Waals surface area (Å²) < 4.78 is 6.43. The number of carbonyl (C=O) groups is 1. The fourth-order valence-electron chi connectivity index (χ4n) is 4.84. The fraction of sp³-hybridized carbons (Fsp3) is 0.259. The zero-order chi connectivity index (χ0) is 26.2. The van der Waals surface area contributed by atoms with Gasteiger partial charge in [0.05, 0.1) is 30.2 Å². The van der Waals surface area contributed by atoms with E-state index < -0.39 is 6.04 Å².